The van der Waals surface area contributed by atoms with Gasteiger partial charge in [-0.25, -0.2) is 13.2 Å². The molecule has 0 amide bonds. The molecule has 0 aliphatic carbocycles. The minimum Gasteiger partial charge on any atom is -0.452 e. The van der Waals surface area contributed by atoms with Crippen molar-refractivity contribution in [2.75, 3.05) is 13.1 Å². The van der Waals surface area contributed by atoms with Crippen LogP contribution in [0.25, 0.3) is 0 Å². The molecule has 1 fully saturated rings. The van der Waals surface area contributed by atoms with Crippen molar-refractivity contribution in [2.45, 2.75) is 44.1 Å². The molecule has 1 aliphatic rings. The van der Waals surface area contributed by atoms with Gasteiger partial charge >= 0.3 is 5.97 Å². The maximum absolute atomic E-state index is 12.7. The van der Waals surface area contributed by atoms with Crippen molar-refractivity contribution in [1.82, 2.24) is 14.4 Å². The van der Waals surface area contributed by atoms with E-state index in [-0.39, 0.29) is 28.0 Å². The van der Waals surface area contributed by atoms with Gasteiger partial charge in [-0.2, -0.15) is 9.29 Å². The Labute approximate surface area is 162 Å². The second-order valence-corrected chi connectivity index (χ2v) is 8.53. The molecule has 0 bridgehead atoms. The summed E-state index contributed by atoms with van der Waals surface area (Å²) in [6.07, 6.45) is 3.18. The minimum absolute atomic E-state index is 0.0174. The lowest BCUT2D eigenvalue weighted by Crippen LogP contribution is -2.28. The van der Waals surface area contributed by atoms with Crippen molar-refractivity contribution in [3.8, 4) is 0 Å². The predicted octanol–water partition coefficient (Wildman–Crippen LogP) is 2.82. The zero-order valence-electron chi connectivity index (χ0n) is 14.9. The summed E-state index contributed by atoms with van der Waals surface area (Å²) in [6.45, 7) is 2.72. The lowest BCUT2D eigenvalue weighted by molar-refractivity contribution is 0.0429. The summed E-state index contributed by atoms with van der Waals surface area (Å²) in [5.41, 5.74) is -0.0229. The van der Waals surface area contributed by atoms with Gasteiger partial charge in [0.05, 0.1) is 15.5 Å². The topological polar surface area (TPSA) is 103 Å². The number of rotatable bonds is 7. The Morgan fingerprint density at radius 1 is 1.33 bits per heavy atom. The number of hydrogen-bond acceptors (Lipinski definition) is 7. The van der Waals surface area contributed by atoms with E-state index in [0.29, 0.717) is 25.3 Å². The van der Waals surface area contributed by atoms with Gasteiger partial charge in [-0.1, -0.05) is 23.7 Å². The summed E-state index contributed by atoms with van der Waals surface area (Å²) in [5, 5.41) is 3.89. The number of nitrogens with zero attached hydrogens (tertiary/aromatic N) is 3. The Kier molecular flexibility index (Phi) is 6.13. The Hall–Kier alpha value is -1.97. The molecule has 1 aromatic heterocycles. The van der Waals surface area contributed by atoms with Gasteiger partial charge in [0.1, 0.15) is 0 Å². The second-order valence-electron chi connectivity index (χ2n) is 6.18. The molecule has 0 N–H and O–H groups in total. The van der Waals surface area contributed by atoms with E-state index in [1.807, 2.05) is 6.92 Å². The van der Waals surface area contributed by atoms with Crippen molar-refractivity contribution in [2.24, 2.45) is 0 Å². The number of carbonyl (C=O) groups excluding carboxylic acids is 1. The lowest BCUT2D eigenvalue weighted by atomic mass is 10.2. The first-order valence-corrected chi connectivity index (χ1v) is 10.5. The first-order chi connectivity index (χ1) is 12.9. The molecule has 0 radical (unpaired) electrons. The highest BCUT2D eigenvalue weighted by Crippen LogP contribution is 2.26. The molecular weight excluding hydrogens is 394 g/mol. The van der Waals surface area contributed by atoms with E-state index < -0.39 is 16.0 Å². The fourth-order valence-electron chi connectivity index (χ4n) is 2.78. The molecule has 27 heavy (non-hydrogen) atoms. The molecule has 0 spiro atoms. The minimum atomic E-state index is -3.66. The normalized spacial score (nSPS) is 15.2. The zero-order chi connectivity index (χ0) is 19.4. The highest BCUT2D eigenvalue weighted by molar-refractivity contribution is 7.89. The van der Waals surface area contributed by atoms with Gasteiger partial charge in [0, 0.05) is 19.5 Å². The highest BCUT2D eigenvalue weighted by atomic mass is 35.5. The molecule has 0 saturated carbocycles. The number of sulfonamides is 1. The Bertz CT molecular complexity index is 922. The largest absolute Gasteiger partial charge is 0.452 e. The van der Waals surface area contributed by atoms with E-state index in [1.165, 1.54) is 22.5 Å². The molecule has 0 unspecified atom stereocenters. The van der Waals surface area contributed by atoms with Crippen LogP contribution in [-0.4, -0.2) is 41.9 Å². The molecule has 3 rings (SSSR count). The van der Waals surface area contributed by atoms with Gasteiger partial charge < -0.3 is 9.26 Å². The smallest absolute Gasteiger partial charge is 0.340 e. The van der Waals surface area contributed by atoms with Crippen LogP contribution in [-0.2, 0) is 27.8 Å². The predicted molar refractivity (Wildman–Crippen MR) is 96.9 cm³/mol. The van der Waals surface area contributed by atoms with Crippen LogP contribution in [0.5, 0.6) is 0 Å². The van der Waals surface area contributed by atoms with Crippen LogP contribution in [0.2, 0.25) is 5.02 Å². The zero-order valence-corrected chi connectivity index (χ0v) is 16.4. The molecule has 10 heteroatoms. The van der Waals surface area contributed by atoms with Crippen molar-refractivity contribution in [3.63, 3.8) is 0 Å². The van der Waals surface area contributed by atoms with Crippen molar-refractivity contribution < 1.29 is 22.5 Å². The van der Waals surface area contributed by atoms with E-state index in [0.717, 1.165) is 19.3 Å². The summed E-state index contributed by atoms with van der Waals surface area (Å²) in [5.74, 6) is -0.0437. The van der Waals surface area contributed by atoms with Gasteiger partial charge in [-0.05, 0) is 37.5 Å². The molecular formula is C17H20ClN3O5S. The Balaban J connectivity index is 1.74. The number of esters is 1. The van der Waals surface area contributed by atoms with E-state index in [1.54, 1.807) is 0 Å². The summed E-state index contributed by atoms with van der Waals surface area (Å²) < 4.78 is 36.9. The van der Waals surface area contributed by atoms with Crippen LogP contribution < -0.4 is 0 Å². The van der Waals surface area contributed by atoms with E-state index in [9.17, 15) is 13.2 Å². The number of hydrogen-bond donors (Lipinski definition) is 0. The second kappa shape index (κ2) is 8.37. The molecule has 1 saturated heterocycles. The Morgan fingerprint density at radius 3 is 2.78 bits per heavy atom. The summed E-state index contributed by atoms with van der Waals surface area (Å²) in [6, 6.07) is 4.02. The third kappa shape index (κ3) is 4.48. The van der Waals surface area contributed by atoms with E-state index in [4.69, 9.17) is 20.9 Å². The average Bonchev–Trinajstić information content (AvgIpc) is 3.32. The number of halogens is 1. The first-order valence-electron chi connectivity index (χ1n) is 8.70. The quantitative estimate of drug-likeness (QED) is 0.643. The standard InChI is InChI=1S/C17H20ClN3O5S/c1-2-5-15-19-16(26-20-15)11-25-17(22)13-10-12(6-7-14(13)18)27(23,24)21-8-3-4-9-21/h6-7,10H,2-5,8-9,11H2,1H3. The van der Waals surface area contributed by atoms with Crippen LogP contribution in [0, 0.1) is 0 Å². The van der Waals surface area contributed by atoms with Gasteiger partial charge in [0.15, 0.2) is 12.4 Å². The SMILES string of the molecule is CCCc1noc(COC(=O)c2cc(S(=O)(=O)N3CCCC3)ccc2Cl)n1. The van der Waals surface area contributed by atoms with Crippen LogP contribution >= 0.6 is 11.6 Å². The maximum Gasteiger partial charge on any atom is 0.340 e. The third-order valence-electron chi connectivity index (χ3n) is 4.17. The highest BCUT2D eigenvalue weighted by Gasteiger charge is 2.28. The van der Waals surface area contributed by atoms with E-state index in [2.05, 4.69) is 10.1 Å². The van der Waals surface area contributed by atoms with Crippen molar-refractivity contribution >= 4 is 27.6 Å². The fourth-order valence-corrected chi connectivity index (χ4v) is 4.52. The van der Waals surface area contributed by atoms with Crippen LogP contribution in [0.1, 0.15) is 48.3 Å². The molecule has 2 aromatic rings. The maximum atomic E-state index is 12.7. The van der Waals surface area contributed by atoms with Gasteiger partial charge in [-0.15, -0.1) is 0 Å². The summed E-state index contributed by atoms with van der Waals surface area (Å²) in [4.78, 5) is 16.5. The molecule has 1 aromatic carbocycles. The summed E-state index contributed by atoms with van der Waals surface area (Å²) in [7, 11) is -3.66. The molecule has 1 aliphatic heterocycles. The van der Waals surface area contributed by atoms with Crippen LogP contribution in [0.3, 0.4) is 0 Å². The van der Waals surface area contributed by atoms with E-state index >= 15 is 0 Å². The third-order valence-corrected chi connectivity index (χ3v) is 6.40. The number of aromatic nitrogens is 2. The summed E-state index contributed by atoms with van der Waals surface area (Å²) >= 11 is 6.07. The first kappa shape index (κ1) is 19.8. The lowest BCUT2D eigenvalue weighted by Gasteiger charge is -2.16. The molecule has 146 valence electrons. The van der Waals surface area contributed by atoms with Crippen molar-refractivity contribution in [1.29, 1.82) is 0 Å². The Morgan fingerprint density at radius 2 is 2.07 bits per heavy atom. The molecule has 2 heterocycles. The van der Waals surface area contributed by atoms with Gasteiger partial charge in [0.2, 0.25) is 10.0 Å². The number of carbonyl (C=O) groups is 1. The van der Waals surface area contributed by atoms with Crippen molar-refractivity contribution in [3.05, 3.63) is 40.5 Å². The molecule has 0 atom stereocenters. The van der Waals surface area contributed by atoms with Gasteiger partial charge in [0.25, 0.3) is 5.89 Å². The molecule has 8 nitrogen and oxygen atoms in total. The van der Waals surface area contributed by atoms with Gasteiger partial charge in [-0.3, -0.25) is 0 Å². The fraction of sp³-hybridized carbons (Fsp3) is 0.471. The van der Waals surface area contributed by atoms with Crippen LogP contribution in [0.4, 0.5) is 0 Å². The monoisotopic (exact) mass is 413 g/mol. The number of aryl methyl sites for hydroxylation is 1. The number of ether oxygens (including phenoxy) is 1. The number of benzene rings is 1. The average molecular weight is 414 g/mol. The van der Waals surface area contributed by atoms with Crippen LogP contribution in [0.15, 0.2) is 27.6 Å².